The van der Waals surface area contributed by atoms with Gasteiger partial charge in [-0.05, 0) is 12.5 Å². The highest BCUT2D eigenvalue weighted by molar-refractivity contribution is 5.16. The molecule has 2 heteroatoms. The van der Waals surface area contributed by atoms with E-state index in [4.69, 9.17) is 11.2 Å². The lowest BCUT2D eigenvalue weighted by atomic mass is 10.3. The third kappa shape index (κ3) is 2.30. The summed E-state index contributed by atoms with van der Waals surface area (Å²) in [6, 6.07) is 3.73. The molecular formula is C9H9NO. The summed E-state index contributed by atoms with van der Waals surface area (Å²) in [5.41, 5.74) is 1.11. The number of rotatable bonds is 2. The molecule has 0 aliphatic carbocycles. The molecule has 0 unspecified atom stereocenters. The van der Waals surface area contributed by atoms with Gasteiger partial charge < -0.3 is 4.74 Å². The molecule has 1 aromatic rings. The highest BCUT2D eigenvalue weighted by Gasteiger charge is 1.90. The summed E-state index contributed by atoms with van der Waals surface area (Å²) < 4.78 is 5.06. The Kier molecular flexibility index (Phi) is 2.51. The molecule has 0 aromatic carbocycles. The van der Waals surface area contributed by atoms with E-state index in [1.165, 1.54) is 0 Å². The van der Waals surface area contributed by atoms with Crippen LogP contribution >= 0.6 is 0 Å². The van der Waals surface area contributed by atoms with Crippen molar-refractivity contribution in [3.05, 3.63) is 23.9 Å². The molecule has 0 aliphatic rings. The molecular weight excluding hydrogens is 138 g/mol. The molecule has 0 saturated heterocycles. The first kappa shape index (κ1) is 7.62. The second-order valence-corrected chi connectivity index (χ2v) is 2.17. The zero-order chi connectivity index (χ0) is 8.10. The normalized spacial score (nSPS) is 8.73. The molecule has 56 valence electrons. The largest absolute Gasteiger partial charge is 0.464 e. The Morgan fingerprint density at radius 3 is 3.00 bits per heavy atom. The Morgan fingerprint density at radius 2 is 2.45 bits per heavy atom. The first-order valence-corrected chi connectivity index (χ1v) is 3.32. The smallest absolute Gasteiger partial charge is 0.214 e. The summed E-state index contributed by atoms with van der Waals surface area (Å²) in [7, 11) is 0. The van der Waals surface area contributed by atoms with E-state index >= 15 is 0 Å². The van der Waals surface area contributed by atoms with Crippen LogP contribution in [0.5, 0.6) is 5.88 Å². The Labute approximate surface area is 66.2 Å². The summed E-state index contributed by atoms with van der Waals surface area (Å²) in [6.07, 6.45) is 6.75. The van der Waals surface area contributed by atoms with E-state index in [0.29, 0.717) is 5.88 Å². The van der Waals surface area contributed by atoms with Gasteiger partial charge in [0.1, 0.15) is 0 Å². The minimum absolute atomic E-state index is 0.274. The minimum atomic E-state index is 0.274. The van der Waals surface area contributed by atoms with Crippen molar-refractivity contribution in [3.63, 3.8) is 0 Å². The SMILES string of the molecule is C#CCOc1ccc(C)cn1. The summed E-state index contributed by atoms with van der Waals surface area (Å²) >= 11 is 0. The van der Waals surface area contributed by atoms with Crippen LogP contribution in [0.4, 0.5) is 0 Å². The van der Waals surface area contributed by atoms with Crippen molar-refractivity contribution in [3.8, 4) is 18.2 Å². The van der Waals surface area contributed by atoms with E-state index in [1.54, 1.807) is 12.3 Å². The molecule has 1 aromatic heterocycles. The second-order valence-electron chi connectivity index (χ2n) is 2.17. The van der Waals surface area contributed by atoms with Crippen molar-refractivity contribution in [2.75, 3.05) is 6.61 Å². The summed E-state index contributed by atoms with van der Waals surface area (Å²) in [6.45, 7) is 2.24. The minimum Gasteiger partial charge on any atom is -0.464 e. The average molecular weight is 147 g/mol. The third-order valence-corrected chi connectivity index (χ3v) is 1.19. The van der Waals surface area contributed by atoms with Gasteiger partial charge >= 0.3 is 0 Å². The van der Waals surface area contributed by atoms with Crippen LogP contribution in [-0.4, -0.2) is 11.6 Å². The molecule has 0 atom stereocenters. The summed E-state index contributed by atoms with van der Waals surface area (Å²) in [4.78, 5) is 4.00. The number of terminal acetylenes is 1. The van der Waals surface area contributed by atoms with Crippen LogP contribution < -0.4 is 4.74 Å². The standard InChI is InChI=1S/C9H9NO/c1-3-6-11-9-5-4-8(2)7-10-9/h1,4-5,7H,6H2,2H3. The number of pyridine rings is 1. The number of aromatic nitrogens is 1. The number of ether oxygens (including phenoxy) is 1. The fourth-order valence-electron chi connectivity index (χ4n) is 0.655. The molecule has 0 N–H and O–H groups in total. The number of hydrogen-bond donors (Lipinski definition) is 0. The Bertz CT molecular complexity index is 258. The maximum absolute atomic E-state index is 5.06. The van der Waals surface area contributed by atoms with Crippen molar-refractivity contribution in [2.24, 2.45) is 0 Å². The molecule has 1 rings (SSSR count). The molecule has 0 fully saturated rings. The van der Waals surface area contributed by atoms with Crippen LogP contribution in [0.3, 0.4) is 0 Å². The van der Waals surface area contributed by atoms with Crippen LogP contribution in [0.2, 0.25) is 0 Å². The quantitative estimate of drug-likeness (QED) is 0.590. The zero-order valence-corrected chi connectivity index (χ0v) is 6.37. The van der Waals surface area contributed by atoms with Gasteiger partial charge in [0.05, 0.1) is 0 Å². The molecule has 0 radical (unpaired) electrons. The number of hydrogen-bond acceptors (Lipinski definition) is 2. The fourth-order valence-corrected chi connectivity index (χ4v) is 0.655. The second kappa shape index (κ2) is 3.62. The maximum Gasteiger partial charge on any atom is 0.214 e. The lowest BCUT2D eigenvalue weighted by Crippen LogP contribution is -1.95. The lowest BCUT2D eigenvalue weighted by Gasteiger charge is -1.99. The van der Waals surface area contributed by atoms with Gasteiger partial charge in [0.2, 0.25) is 5.88 Å². The molecule has 0 aliphatic heterocycles. The van der Waals surface area contributed by atoms with Gasteiger partial charge in [-0.3, -0.25) is 0 Å². The van der Waals surface area contributed by atoms with Crippen LogP contribution in [0, 0.1) is 19.3 Å². The number of nitrogens with zero attached hydrogens (tertiary/aromatic N) is 1. The van der Waals surface area contributed by atoms with Crippen molar-refractivity contribution in [1.82, 2.24) is 4.98 Å². The van der Waals surface area contributed by atoms with Gasteiger partial charge in [-0.25, -0.2) is 4.98 Å². The van der Waals surface area contributed by atoms with Gasteiger partial charge in [0.25, 0.3) is 0 Å². The van der Waals surface area contributed by atoms with Crippen molar-refractivity contribution in [1.29, 1.82) is 0 Å². The monoisotopic (exact) mass is 147 g/mol. The first-order chi connectivity index (χ1) is 5.33. The Morgan fingerprint density at radius 1 is 1.64 bits per heavy atom. The van der Waals surface area contributed by atoms with E-state index in [-0.39, 0.29) is 6.61 Å². The third-order valence-electron chi connectivity index (χ3n) is 1.19. The fraction of sp³-hybridized carbons (Fsp3) is 0.222. The molecule has 0 saturated carbocycles. The van der Waals surface area contributed by atoms with Crippen molar-refractivity contribution >= 4 is 0 Å². The van der Waals surface area contributed by atoms with E-state index in [0.717, 1.165) is 5.56 Å². The molecule has 0 amide bonds. The highest BCUT2D eigenvalue weighted by Crippen LogP contribution is 2.05. The number of aryl methyl sites for hydroxylation is 1. The van der Waals surface area contributed by atoms with Crippen molar-refractivity contribution < 1.29 is 4.74 Å². The van der Waals surface area contributed by atoms with Gasteiger partial charge in [0, 0.05) is 12.3 Å². The molecule has 0 bridgehead atoms. The lowest BCUT2D eigenvalue weighted by molar-refractivity contribution is 0.355. The van der Waals surface area contributed by atoms with Crippen LogP contribution in [0.1, 0.15) is 5.56 Å². The molecule has 0 spiro atoms. The average Bonchev–Trinajstić information content (AvgIpc) is 2.04. The van der Waals surface area contributed by atoms with Gasteiger partial charge in [-0.1, -0.05) is 12.0 Å². The van der Waals surface area contributed by atoms with Crippen LogP contribution in [0.15, 0.2) is 18.3 Å². The predicted molar refractivity (Wildman–Crippen MR) is 43.3 cm³/mol. The summed E-state index contributed by atoms with van der Waals surface area (Å²) in [5, 5.41) is 0. The van der Waals surface area contributed by atoms with Crippen LogP contribution in [0.25, 0.3) is 0 Å². The highest BCUT2D eigenvalue weighted by atomic mass is 16.5. The molecule has 1 heterocycles. The van der Waals surface area contributed by atoms with Gasteiger partial charge in [-0.15, -0.1) is 6.42 Å². The van der Waals surface area contributed by atoms with E-state index in [1.807, 2.05) is 13.0 Å². The Hall–Kier alpha value is -1.49. The van der Waals surface area contributed by atoms with E-state index in [2.05, 4.69) is 10.9 Å². The molecule has 2 nitrogen and oxygen atoms in total. The molecule has 11 heavy (non-hydrogen) atoms. The van der Waals surface area contributed by atoms with Crippen molar-refractivity contribution in [2.45, 2.75) is 6.92 Å². The Balaban J connectivity index is 2.60. The summed E-state index contributed by atoms with van der Waals surface area (Å²) in [5.74, 6) is 2.95. The van der Waals surface area contributed by atoms with E-state index in [9.17, 15) is 0 Å². The first-order valence-electron chi connectivity index (χ1n) is 3.32. The topological polar surface area (TPSA) is 22.1 Å². The zero-order valence-electron chi connectivity index (χ0n) is 6.37. The van der Waals surface area contributed by atoms with Crippen LogP contribution in [-0.2, 0) is 0 Å². The van der Waals surface area contributed by atoms with Gasteiger partial charge in [0.15, 0.2) is 6.61 Å². The maximum atomic E-state index is 5.06. The predicted octanol–water partition coefficient (Wildman–Crippen LogP) is 1.40. The van der Waals surface area contributed by atoms with E-state index < -0.39 is 0 Å². The van der Waals surface area contributed by atoms with Gasteiger partial charge in [-0.2, -0.15) is 0 Å².